The Morgan fingerprint density at radius 3 is 2.57 bits per heavy atom. The Kier molecular flexibility index (Phi) is 5.24. The lowest BCUT2D eigenvalue weighted by molar-refractivity contribution is -0.116. The second kappa shape index (κ2) is 8.00. The molecule has 8 heteroatoms. The smallest absolute Gasteiger partial charge is 0.336 e. The highest BCUT2D eigenvalue weighted by Crippen LogP contribution is 2.22. The Morgan fingerprint density at radius 2 is 1.80 bits per heavy atom. The van der Waals surface area contributed by atoms with Crippen LogP contribution in [0.4, 0.5) is 5.69 Å². The van der Waals surface area contributed by atoms with E-state index in [4.69, 9.17) is 4.74 Å². The van der Waals surface area contributed by atoms with Crippen molar-refractivity contribution in [2.24, 2.45) is 0 Å². The lowest BCUT2D eigenvalue weighted by Gasteiger charge is -2.14. The largest absolute Gasteiger partial charge is 0.495 e. The summed E-state index contributed by atoms with van der Waals surface area (Å²) in [6.07, 6.45) is 0. The first-order valence-corrected chi connectivity index (χ1v) is 10.1. The summed E-state index contributed by atoms with van der Waals surface area (Å²) in [7, 11) is 1.47. The van der Waals surface area contributed by atoms with Crippen LogP contribution in [0, 0.1) is 6.92 Å². The number of ether oxygens (including phenoxy) is 1. The lowest BCUT2D eigenvalue weighted by atomic mass is 10.2. The van der Waals surface area contributed by atoms with Crippen LogP contribution in [0.1, 0.15) is 5.56 Å². The van der Waals surface area contributed by atoms with Crippen molar-refractivity contribution in [3.05, 3.63) is 86.4 Å². The number of aromatic nitrogens is 2. The fourth-order valence-electron chi connectivity index (χ4n) is 3.31. The van der Waals surface area contributed by atoms with Gasteiger partial charge in [0.25, 0.3) is 5.56 Å². The standard InChI is InChI=1S/C22H19N3O4S/c1-14-7-3-4-8-15(14)23-19(26)13-24-17-11-12-30-20(17)21(27)25(22(24)28)16-9-5-6-10-18(16)29-2/h3-12H,13H2,1-2H3,(H,23,26). The Balaban J connectivity index is 1.84. The van der Waals surface area contributed by atoms with Crippen LogP contribution in [0.3, 0.4) is 0 Å². The number of carbonyl (C=O) groups is 1. The molecule has 2 aromatic heterocycles. The van der Waals surface area contributed by atoms with Crippen LogP contribution < -0.4 is 21.3 Å². The molecule has 0 aliphatic heterocycles. The van der Waals surface area contributed by atoms with Crippen LogP contribution in [0.5, 0.6) is 5.75 Å². The summed E-state index contributed by atoms with van der Waals surface area (Å²) in [4.78, 5) is 39.1. The number of carbonyl (C=O) groups excluding carboxylic acids is 1. The van der Waals surface area contributed by atoms with Gasteiger partial charge >= 0.3 is 5.69 Å². The molecule has 0 bridgehead atoms. The van der Waals surface area contributed by atoms with E-state index in [1.54, 1.807) is 41.8 Å². The molecule has 7 nitrogen and oxygen atoms in total. The third kappa shape index (κ3) is 3.42. The summed E-state index contributed by atoms with van der Waals surface area (Å²) in [6.45, 7) is 1.66. The Labute approximate surface area is 175 Å². The highest BCUT2D eigenvalue weighted by atomic mass is 32.1. The number of methoxy groups -OCH3 is 1. The van der Waals surface area contributed by atoms with Gasteiger partial charge < -0.3 is 10.1 Å². The van der Waals surface area contributed by atoms with E-state index in [0.717, 1.165) is 10.1 Å². The molecular weight excluding hydrogens is 402 g/mol. The molecule has 0 saturated carbocycles. The molecule has 0 atom stereocenters. The average molecular weight is 421 g/mol. The first kappa shape index (κ1) is 19.7. The van der Waals surface area contributed by atoms with Crippen molar-refractivity contribution >= 4 is 33.1 Å². The highest BCUT2D eigenvalue weighted by Gasteiger charge is 2.19. The quantitative estimate of drug-likeness (QED) is 0.537. The van der Waals surface area contributed by atoms with E-state index in [-0.39, 0.29) is 12.5 Å². The van der Waals surface area contributed by atoms with E-state index in [1.807, 2.05) is 25.1 Å². The number of amides is 1. The molecule has 30 heavy (non-hydrogen) atoms. The topological polar surface area (TPSA) is 82.3 Å². The predicted molar refractivity (Wildman–Crippen MR) is 118 cm³/mol. The molecule has 0 aliphatic rings. The molecule has 4 rings (SSSR count). The number of aryl methyl sites for hydroxylation is 1. The number of para-hydroxylation sites is 3. The van der Waals surface area contributed by atoms with E-state index < -0.39 is 11.2 Å². The summed E-state index contributed by atoms with van der Waals surface area (Å²) in [5.41, 5.74) is 1.31. The van der Waals surface area contributed by atoms with Gasteiger partial charge in [0.15, 0.2) is 0 Å². The fraction of sp³-hybridized carbons (Fsp3) is 0.136. The van der Waals surface area contributed by atoms with Crippen molar-refractivity contribution in [3.8, 4) is 11.4 Å². The van der Waals surface area contributed by atoms with E-state index >= 15 is 0 Å². The van der Waals surface area contributed by atoms with E-state index in [2.05, 4.69) is 5.32 Å². The molecule has 4 aromatic rings. The highest BCUT2D eigenvalue weighted by molar-refractivity contribution is 7.17. The van der Waals surface area contributed by atoms with Gasteiger partial charge in [0, 0.05) is 5.69 Å². The van der Waals surface area contributed by atoms with Crippen molar-refractivity contribution in [1.82, 2.24) is 9.13 Å². The summed E-state index contributed by atoms with van der Waals surface area (Å²) in [5, 5.41) is 4.56. The molecule has 2 heterocycles. The summed E-state index contributed by atoms with van der Waals surface area (Å²) in [6, 6.07) is 15.9. The maximum Gasteiger partial charge on any atom is 0.336 e. The number of benzene rings is 2. The second-order valence-corrected chi connectivity index (χ2v) is 7.60. The molecular formula is C22H19N3O4S. The number of hydrogen-bond donors (Lipinski definition) is 1. The molecule has 0 fully saturated rings. The minimum atomic E-state index is -0.602. The maximum atomic E-state index is 13.3. The van der Waals surface area contributed by atoms with Gasteiger partial charge in [0.1, 0.15) is 17.0 Å². The summed E-state index contributed by atoms with van der Waals surface area (Å²) < 4.78 is 8.09. The van der Waals surface area contributed by atoms with Gasteiger partial charge in [0.05, 0.1) is 18.3 Å². The Morgan fingerprint density at radius 1 is 1.07 bits per heavy atom. The zero-order valence-corrected chi connectivity index (χ0v) is 17.2. The third-order valence-electron chi connectivity index (χ3n) is 4.80. The van der Waals surface area contributed by atoms with Crippen LogP contribution in [0.2, 0.25) is 0 Å². The molecule has 1 N–H and O–H groups in total. The monoisotopic (exact) mass is 421 g/mol. The van der Waals surface area contributed by atoms with Gasteiger partial charge in [-0.3, -0.25) is 14.2 Å². The number of anilines is 1. The number of nitrogens with one attached hydrogen (secondary N) is 1. The summed E-state index contributed by atoms with van der Waals surface area (Å²) >= 11 is 1.23. The zero-order valence-electron chi connectivity index (χ0n) is 16.4. The minimum Gasteiger partial charge on any atom is -0.495 e. The Bertz CT molecular complexity index is 1370. The summed E-state index contributed by atoms with van der Waals surface area (Å²) in [5.74, 6) is 0.0349. The normalized spacial score (nSPS) is 10.9. The molecule has 0 aliphatic carbocycles. The first-order valence-electron chi connectivity index (χ1n) is 9.23. The second-order valence-electron chi connectivity index (χ2n) is 6.68. The van der Waals surface area contributed by atoms with Gasteiger partial charge in [0.2, 0.25) is 5.91 Å². The van der Waals surface area contributed by atoms with Gasteiger partial charge in [-0.05, 0) is 42.1 Å². The maximum absolute atomic E-state index is 13.3. The van der Waals surface area contributed by atoms with Crippen molar-refractivity contribution in [1.29, 1.82) is 0 Å². The van der Waals surface area contributed by atoms with E-state index in [0.29, 0.717) is 27.3 Å². The molecule has 152 valence electrons. The first-order chi connectivity index (χ1) is 14.5. The fourth-order valence-corrected chi connectivity index (χ4v) is 4.14. The van der Waals surface area contributed by atoms with Crippen LogP contribution in [0.25, 0.3) is 15.9 Å². The van der Waals surface area contributed by atoms with E-state index in [9.17, 15) is 14.4 Å². The minimum absolute atomic E-state index is 0.226. The van der Waals surface area contributed by atoms with Crippen molar-refractivity contribution < 1.29 is 9.53 Å². The van der Waals surface area contributed by atoms with Crippen LogP contribution in [-0.2, 0) is 11.3 Å². The average Bonchev–Trinajstić information content (AvgIpc) is 3.23. The van der Waals surface area contributed by atoms with Crippen LogP contribution in [-0.4, -0.2) is 22.2 Å². The molecule has 0 unspecified atom stereocenters. The number of rotatable bonds is 5. The Hall–Kier alpha value is -3.65. The van der Waals surface area contributed by atoms with Gasteiger partial charge in [-0.2, -0.15) is 0 Å². The zero-order chi connectivity index (χ0) is 21.3. The lowest BCUT2D eigenvalue weighted by Crippen LogP contribution is -2.40. The van der Waals surface area contributed by atoms with Gasteiger partial charge in [-0.25, -0.2) is 9.36 Å². The van der Waals surface area contributed by atoms with Gasteiger partial charge in [-0.1, -0.05) is 30.3 Å². The van der Waals surface area contributed by atoms with Crippen molar-refractivity contribution in [2.75, 3.05) is 12.4 Å². The van der Waals surface area contributed by atoms with Crippen LogP contribution >= 0.6 is 11.3 Å². The van der Waals surface area contributed by atoms with Crippen LogP contribution in [0.15, 0.2) is 69.6 Å². The molecule has 0 spiro atoms. The van der Waals surface area contributed by atoms with Crippen molar-refractivity contribution in [2.45, 2.75) is 13.5 Å². The number of nitrogens with zero attached hydrogens (tertiary/aromatic N) is 2. The number of hydrogen-bond acceptors (Lipinski definition) is 5. The molecule has 0 saturated heterocycles. The number of thiophene rings is 1. The number of fused-ring (bicyclic) bond motifs is 1. The van der Waals surface area contributed by atoms with Crippen molar-refractivity contribution in [3.63, 3.8) is 0 Å². The van der Waals surface area contributed by atoms with E-state index in [1.165, 1.54) is 23.0 Å². The molecule has 2 aromatic carbocycles. The molecule has 1 amide bonds. The molecule has 0 radical (unpaired) electrons. The predicted octanol–water partition coefficient (Wildman–Crippen LogP) is 3.17. The SMILES string of the molecule is COc1ccccc1-n1c(=O)c2sccc2n(CC(=O)Nc2ccccc2C)c1=O. The third-order valence-corrected chi connectivity index (χ3v) is 5.69. The van der Waals surface area contributed by atoms with Gasteiger partial charge in [-0.15, -0.1) is 11.3 Å².